The number of carbonyl (C=O) groups excluding carboxylic acids is 2. The number of halogens is 1. The van der Waals surface area contributed by atoms with Crippen LogP contribution in [0, 0.1) is 17.2 Å². The first-order valence-electron chi connectivity index (χ1n) is 6.70. The lowest BCUT2D eigenvalue weighted by Crippen LogP contribution is -2.35. The van der Waals surface area contributed by atoms with Gasteiger partial charge in [0.2, 0.25) is 11.8 Å². The van der Waals surface area contributed by atoms with Gasteiger partial charge in [-0.2, -0.15) is 5.26 Å². The first kappa shape index (κ1) is 15.3. The number of benzene rings is 1. The Bertz CT molecular complexity index is 580. The molecule has 0 saturated carbocycles. The van der Waals surface area contributed by atoms with E-state index in [1.807, 2.05) is 6.07 Å². The van der Waals surface area contributed by atoms with Crippen molar-refractivity contribution in [3.8, 4) is 6.07 Å². The highest BCUT2D eigenvalue weighted by molar-refractivity contribution is 6.30. The third-order valence-electron chi connectivity index (χ3n) is 3.55. The van der Waals surface area contributed by atoms with Crippen molar-refractivity contribution in [2.24, 2.45) is 5.92 Å². The summed E-state index contributed by atoms with van der Waals surface area (Å²) in [6.07, 6.45) is 0.502. The molecule has 2 amide bonds. The second-order valence-electron chi connectivity index (χ2n) is 5.05. The molecule has 1 aromatic rings. The number of rotatable bonds is 4. The predicted octanol–water partition coefficient (Wildman–Crippen LogP) is 2.06. The average Bonchev–Trinajstić information content (AvgIpc) is 2.86. The van der Waals surface area contributed by atoms with E-state index in [1.54, 1.807) is 36.2 Å². The molecule has 0 bridgehead atoms. The number of carbonyl (C=O) groups is 2. The highest BCUT2D eigenvalue weighted by Crippen LogP contribution is 2.27. The maximum atomic E-state index is 12.2. The van der Waals surface area contributed by atoms with Crippen LogP contribution >= 0.6 is 11.6 Å². The molecule has 0 spiro atoms. The molecule has 5 nitrogen and oxygen atoms in total. The maximum Gasteiger partial charge on any atom is 0.227 e. The SMILES string of the molecule is CN(CCC#N)C(=O)C1CC(=O)N(c2ccc(Cl)cc2)C1. The topological polar surface area (TPSA) is 64.4 Å². The van der Waals surface area contributed by atoms with Crippen molar-refractivity contribution in [1.29, 1.82) is 5.26 Å². The zero-order valence-corrected chi connectivity index (χ0v) is 12.5. The van der Waals surface area contributed by atoms with E-state index in [9.17, 15) is 9.59 Å². The van der Waals surface area contributed by atoms with E-state index in [4.69, 9.17) is 16.9 Å². The fraction of sp³-hybridized carbons (Fsp3) is 0.400. The maximum absolute atomic E-state index is 12.2. The molecule has 110 valence electrons. The predicted molar refractivity (Wildman–Crippen MR) is 79.8 cm³/mol. The van der Waals surface area contributed by atoms with Gasteiger partial charge in [-0.1, -0.05) is 11.6 Å². The quantitative estimate of drug-likeness (QED) is 0.855. The van der Waals surface area contributed by atoms with E-state index in [0.717, 1.165) is 5.69 Å². The van der Waals surface area contributed by atoms with Crippen LogP contribution in [0.15, 0.2) is 24.3 Å². The van der Waals surface area contributed by atoms with Gasteiger partial charge in [0.25, 0.3) is 0 Å². The molecule has 0 aromatic heterocycles. The second-order valence-corrected chi connectivity index (χ2v) is 5.49. The fourth-order valence-corrected chi connectivity index (χ4v) is 2.51. The lowest BCUT2D eigenvalue weighted by molar-refractivity contribution is -0.134. The van der Waals surface area contributed by atoms with E-state index in [-0.39, 0.29) is 24.2 Å². The molecule has 21 heavy (non-hydrogen) atoms. The van der Waals surface area contributed by atoms with Crippen LogP contribution in [0.5, 0.6) is 0 Å². The number of nitriles is 1. The molecule has 1 aliphatic heterocycles. The van der Waals surface area contributed by atoms with Crippen LogP contribution in [0.4, 0.5) is 5.69 Å². The van der Waals surface area contributed by atoms with Crippen molar-refractivity contribution in [3.05, 3.63) is 29.3 Å². The van der Waals surface area contributed by atoms with E-state index < -0.39 is 0 Å². The largest absolute Gasteiger partial charge is 0.344 e. The molecule has 2 rings (SSSR count). The summed E-state index contributed by atoms with van der Waals surface area (Å²) in [5.41, 5.74) is 0.749. The van der Waals surface area contributed by atoms with E-state index >= 15 is 0 Å². The Labute approximate surface area is 128 Å². The molecule has 1 unspecified atom stereocenters. The third-order valence-corrected chi connectivity index (χ3v) is 3.80. The zero-order chi connectivity index (χ0) is 15.4. The summed E-state index contributed by atoms with van der Waals surface area (Å²) in [5.74, 6) is -0.503. The van der Waals surface area contributed by atoms with Gasteiger partial charge in [0.15, 0.2) is 0 Å². The molecule has 1 heterocycles. The number of amides is 2. The van der Waals surface area contributed by atoms with Crippen molar-refractivity contribution >= 4 is 29.1 Å². The minimum absolute atomic E-state index is 0.0654. The van der Waals surface area contributed by atoms with Crippen LogP contribution in [-0.4, -0.2) is 36.9 Å². The Morgan fingerprint density at radius 1 is 1.48 bits per heavy atom. The van der Waals surface area contributed by atoms with Crippen LogP contribution < -0.4 is 4.90 Å². The number of nitrogens with zero attached hydrogens (tertiary/aromatic N) is 3. The fourth-order valence-electron chi connectivity index (χ4n) is 2.38. The lowest BCUT2D eigenvalue weighted by atomic mass is 10.1. The molecule has 0 radical (unpaired) electrons. The van der Waals surface area contributed by atoms with Gasteiger partial charge in [0.1, 0.15) is 0 Å². The molecular weight excluding hydrogens is 290 g/mol. The smallest absolute Gasteiger partial charge is 0.227 e. The summed E-state index contributed by atoms with van der Waals surface area (Å²) in [7, 11) is 1.66. The van der Waals surface area contributed by atoms with Gasteiger partial charge in [-0.25, -0.2) is 0 Å². The van der Waals surface area contributed by atoms with Crippen LogP contribution in [0.25, 0.3) is 0 Å². The van der Waals surface area contributed by atoms with Gasteiger partial charge in [-0.3, -0.25) is 9.59 Å². The normalized spacial score (nSPS) is 17.7. The molecule has 1 aliphatic rings. The summed E-state index contributed by atoms with van der Waals surface area (Å²) in [6, 6.07) is 8.99. The Kier molecular flexibility index (Phi) is 4.81. The molecule has 0 N–H and O–H groups in total. The van der Waals surface area contributed by atoms with Crippen molar-refractivity contribution in [3.63, 3.8) is 0 Å². The summed E-state index contributed by atoms with van der Waals surface area (Å²) < 4.78 is 0. The van der Waals surface area contributed by atoms with Crippen molar-refractivity contribution in [1.82, 2.24) is 4.90 Å². The molecular formula is C15H16ClN3O2. The highest BCUT2D eigenvalue weighted by atomic mass is 35.5. The second kappa shape index (κ2) is 6.59. The first-order chi connectivity index (χ1) is 10.0. The summed E-state index contributed by atoms with van der Waals surface area (Å²) in [4.78, 5) is 27.5. The van der Waals surface area contributed by atoms with E-state index in [1.165, 1.54) is 4.90 Å². The monoisotopic (exact) mass is 305 g/mol. The third kappa shape index (κ3) is 3.53. The van der Waals surface area contributed by atoms with Gasteiger partial charge >= 0.3 is 0 Å². The standard InChI is InChI=1S/C15H16ClN3O2/c1-18(8-2-7-17)15(21)11-9-14(20)19(10-11)13-5-3-12(16)4-6-13/h3-6,11H,2,8-10H2,1H3. The molecule has 1 atom stereocenters. The van der Waals surface area contributed by atoms with Gasteiger partial charge in [0.05, 0.1) is 18.4 Å². The molecule has 1 aromatic carbocycles. The first-order valence-corrected chi connectivity index (χ1v) is 7.08. The number of hydrogen-bond donors (Lipinski definition) is 0. The lowest BCUT2D eigenvalue weighted by Gasteiger charge is -2.20. The molecule has 6 heteroatoms. The summed E-state index contributed by atoms with van der Waals surface area (Å²) in [6.45, 7) is 0.761. The minimum Gasteiger partial charge on any atom is -0.344 e. The zero-order valence-electron chi connectivity index (χ0n) is 11.8. The Hall–Kier alpha value is -2.06. The Morgan fingerprint density at radius 2 is 2.14 bits per heavy atom. The van der Waals surface area contributed by atoms with Crippen LogP contribution in [-0.2, 0) is 9.59 Å². The van der Waals surface area contributed by atoms with Crippen LogP contribution in [0.3, 0.4) is 0 Å². The van der Waals surface area contributed by atoms with Crippen molar-refractivity contribution in [2.75, 3.05) is 25.0 Å². The van der Waals surface area contributed by atoms with Crippen LogP contribution in [0.2, 0.25) is 5.02 Å². The van der Waals surface area contributed by atoms with Gasteiger partial charge < -0.3 is 9.80 Å². The highest BCUT2D eigenvalue weighted by Gasteiger charge is 2.36. The van der Waals surface area contributed by atoms with Crippen molar-refractivity contribution in [2.45, 2.75) is 12.8 Å². The number of anilines is 1. The van der Waals surface area contributed by atoms with Crippen LogP contribution in [0.1, 0.15) is 12.8 Å². The Balaban J connectivity index is 2.04. The number of hydrogen-bond acceptors (Lipinski definition) is 3. The van der Waals surface area contributed by atoms with E-state index in [2.05, 4.69) is 0 Å². The van der Waals surface area contributed by atoms with Gasteiger partial charge in [0, 0.05) is 37.3 Å². The van der Waals surface area contributed by atoms with Gasteiger partial charge in [-0.15, -0.1) is 0 Å². The van der Waals surface area contributed by atoms with Gasteiger partial charge in [-0.05, 0) is 24.3 Å². The van der Waals surface area contributed by atoms with Crippen molar-refractivity contribution < 1.29 is 9.59 Å². The summed E-state index contributed by atoms with van der Waals surface area (Å²) in [5, 5.41) is 9.16. The minimum atomic E-state index is -0.350. The summed E-state index contributed by atoms with van der Waals surface area (Å²) >= 11 is 5.83. The average molecular weight is 306 g/mol. The Morgan fingerprint density at radius 3 is 2.76 bits per heavy atom. The molecule has 1 fully saturated rings. The van der Waals surface area contributed by atoms with E-state index in [0.29, 0.717) is 24.5 Å². The molecule has 1 saturated heterocycles. The molecule has 0 aliphatic carbocycles.